The summed E-state index contributed by atoms with van der Waals surface area (Å²) in [5, 5.41) is 16.7. The van der Waals surface area contributed by atoms with Gasteiger partial charge in [-0.2, -0.15) is 5.21 Å². The van der Waals surface area contributed by atoms with E-state index < -0.39 is 0 Å². The van der Waals surface area contributed by atoms with E-state index in [1.807, 2.05) is 30.3 Å². The smallest absolute Gasteiger partial charge is 0.251 e. The monoisotopic (exact) mass is 307 g/mol. The number of carbonyl (C=O) groups excluding carboxylic acids is 1. The van der Waals surface area contributed by atoms with E-state index in [9.17, 15) is 4.79 Å². The molecule has 0 saturated carbocycles. The van der Waals surface area contributed by atoms with Crippen LogP contribution in [0, 0.1) is 0 Å². The molecule has 6 heteroatoms. The van der Waals surface area contributed by atoms with Crippen LogP contribution >= 0.6 is 0 Å². The predicted octanol–water partition coefficient (Wildman–Crippen LogP) is 2.23. The van der Waals surface area contributed by atoms with Crippen molar-refractivity contribution < 1.29 is 4.79 Å². The maximum Gasteiger partial charge on any atom is 0.251 e. The summed E-state index contributed by atoms with van der Waals surface area (Å²) < 4.78 is 0. The number of hydrogen-bond donors (Lipinski definition) is 2. The van der Waals surface area contributed by atoms with Crippen LogP contribution in [0.3, 0.4) is 0 Å². The Labute approximate surface area is 133 Å². The molecular weight excluding hydrogens is 290 g/mol. The number of tetrazole rings is 1. The lowest BCUT2D eigenvalue weighted by Gasteiger charge is -2.06. The van der Waals surface area contributed by atoms with E-state index in [1.54, 1.807) is 12.1 Å². The largest absolute Gasteiger partial charge is 0.352 e. The number of amides is 1. The molecule has 2 N–H and O–H groups in total. The summed E-state index contributed by atoms with van der Waals surface area (Å²) in [7, 11) is 0. The third kappa shape index (κ3) is 4.00. The van der Waals surface area contributed by atoms with Crippen LogP contribution < -0.4 is 5.32 Å². The molecule has 0 unspecified atom stereocenters. The molecule has 2 aromatic carbocycles. The summed E-state index contributed by atoms with van der Waals surface area (Å²) in [4.78, 5) is 12.1. The molecule has 1 amide bonds. The van der Waals surface area contributed by atoms with Crippen LogP contribution in [0.1, 0.15) is 22.3 Å². The second-order valence-electron chi connectivity index (χ2n) is 5.16. The molecule has 6 nitrogen and oxygen atoms in total. The minimum absolute atomic E-state index is 0.0716. The third-order valence-corrected chi connectivity index (χ3v) is 3.52. The number of benzene rings is 2. The van der Waals surface area contributed by atoms with Gasteiger partial charge in [0.2, 0.25) is 5.82 Å². The lowest BCUT2D eigenvalue weighted by molar-refractivity contribution is 0.0953. The predicted molar refractivity (Wildman–Crippen MR) is 86.7 cm³/mol. The number of aromatic nitrogens is 4. The maximum absolute atomic E-state index is 12.1. The SMILES string of the molecule is O=C(NCCCc1ccccc1)c1ccc(-c2nn[nH]n2)cc1. The van der Waals surface area contributed by atoms with Crippen molar-refractivity contribution in [2.45, 2.75) is 12.8 Å². The Morgan fingerprint density at radius 2 is 1.83 bits per heavy atom. The van der Waals surface area contributed by atoms with E-state index in [0.717, 1.165) is 18.4 Å². The standard InChI is InChI=1S/C17H17N5O/c23-17(18-12-4-7-13-5-2-1-3-6-13)15-10-8-14(9-11-15)16-19-21-22-20-16/h1-3,5-6,8-11H,4,7,12H2,(H,18,23)(H,19,20,21,22). The van der Waals surface area contributed by atoms with Crippen LogP contribution in [0.4, 0.5) is 0 Å². The summed E-state index contributed by atoms with van der Waals surface area (Å²) in [6.07, 6.45) is 1.87. The van der Waals surface area contributed by atoms with Crippen LogP contribution in [-0.4, -0.2) is 33.1 Å². The van der Waals surface area contributed by atoms with Gasteiger partial charge in [0.15, 0.2) is 0 Å². The van der Waals surface area contributed by atoms with Gasteiger partial charge in [-0.05, 0) is 35.8 Å². The van der Waals surface area contributed by atoms with E-state index in [2.05, 4.69) is 38.1 Å². The van der Waals surface area contributed by atoms with Gasteiger partial charge in [0.05, 0.1) is 0 Å². The second-order valence-corrected chi connectivity index (χ2v) is 5.16. The molecule has 3 aromatic rings. The first kappa shape index (κ1) is 14.9. The molecule has 116 valence electrons. The van der Waals surface area contributed by atoms with Crippen LogP contribution in [0.25, 0.3) is 11.4 Å². The van der Waals surface area contributed by atoms with E-state index in [1.165, 1.54) is 5.56 Å². The van der Waals surface area contributed by atoms with E-state index in [4.69, 9.17) is 0 Å². The number of rotatable bonds is 6. The average molecular weight is 307 g/mol. The second kappa shape index (κ2) is 7.31. The molecule has 0 radical (unpaired) electrons. The topological polar surface area (TPSA) is 83.6 Å². The van der Waals surface area contributed by atoms with Crippen molar-refractivity contribution in [2.75, 3.05) is 6.54 Å². The summed E-state index contributed by atoms with van der Waals surface area (Å²) >= 11 is 0. The van der Waals surface area contributed by atoms with Gasteiger partial charge in [-0.3, -0.25) is 4.79 Å². The fourth-order valence-electron chi connectivity index (χ4n) is 2.30. The van der Waals surface area contributed by atoms with Crippen LogP contribution in [0.2, 0.25) is 0 Å². The Morgan fingerprint density at radius 3 is 2.52 bits per heavy atom. The van der Waals surface area contributed by atoms with E-state index in [0.29, 0.717) is 17.9 Å². The fraction of sp³-hybridized carbons (Fsp3) is 0.176. The molecule has 0 atom stereocenters. The van der Waals surface area contributed by atoms with Gasteiger partial charge >= 0.3 is 0 Å². The van der Waals surface area contributed by atoms with Gasteiger partial charge in [0.1, 0.15) is 0 Å². The number of carbonyl (C=O) groups is 1. The van der Waals surface area contributed by atoms with Crippen LogP contribution in [0.15, 0.2) is 54.6 Å². The Balaban J connectivity index is 1.48. The first-order valence-corrected chi connectivity index (χ1v) is 7.49. The molecule has 1 heterocycles. The molecular formula is C17H17N5O. The highest BCUT2D eigenvalue weighted by atomic mass is 16.1. The molecule has 3 rings (SSSR count). The highest BCUT2D eigenvalue weighted by Crippen LogP contribution is 2.13. The minimum atomic E-state index is -0.0716. The Bertz CT molecular complexity index is 738. The number of nitrogens with one attached hydrogen (secondary N) is 2. The lowest BCUT2D eigenvalue weighted by atomic mass is 10.1. The number of H-pyrrole nitrogens is 1. The van der Waals surface area contributed by atoms with Crippen molar-refractivity contribution in [3.8, 4) is 11.4 Å². The summed E-state index contributed by atoms with van der Waals surface area (Å²) in [5.41, 5.74) is 2.72. The van der Waals surface area contributed by atoms with Gasteiger partial charge in [0, 0.05) is 17.7 Å². The van der Waals surface area contributed by atoms with Crippen molar-refractivity contribution in [3.63, 3.8) is 0 Å². The normalized spacial score (nSPS) is 10.4. The molecule has 0 aliphatic rings. The fourth-order valence-corrected chi connectivity index (χ4v) is 2.30. The maximum atomic E-state index is 12.1. The van der Waals surface area contributed by atoms with Gasteiger partial charge < -0.3 is 5.32 Å². The van der Waals surface area contributed by atoms with Crippen molar-refractivity contribution in [2.24, 2.45) is 0 Å². The molecule has 0 aliphatic heterocycles. The number of aryl methyl sites for hydroxylation is 1. The summed E-state index contributed by atoms with van der Waals surface area (Å²) in [6.45, 7) is 0.653. The van der Waals surface area contributed by atoms with Crippen molar-refractivity contribution in [3.05, 3.63) is 65.7 Å². The van der Waals surface area contributed by atoms with Gasteiger partial charge in [-0.15, -0.1) is 10.2 Å². The third-order valence-electron chi connectivity index (χ3n) is 3.52. The zero-order chi connectivity index (χ0) is 15.9. The molecule has 0 spiro atoms. The summed E-state index contributed by atoms with van der Waals surface area (Å²) in [5.74, 6) is 0.442. The van der Waals surface area contributed by atoms with E-state index in [-0.39, 0.29) is 5.91 Å². The van der Waals surface area contributed by atoms with Crippen molar-refractivity contribution >= 4 is 5.91 Å². The number of hydrogen-bond acceptors (Lipinski definition) is 4. The molecule has 0 fully saturated rings. The molecule has 1 aromatic heterocycles. The Hall–Kier alpha value is -3.02. The van der Waals surface area contributed by atoms with Gasteiger partial charge in [-0.25, -0.2) is 0 Å². The number of aromatic amines is 1. The summed E-state index contributed by atoms with van der Waals surface area (Å²) in [6, 6.07) is 17.4. The highest BCUT2D eigenvalue weighted by Gasteiger charge is 2.07. The first-order chi connectivity index (χ1) is 11.3. The van der Waals surface area contributed by atoms with Crippen molar-refractivity contribution in [1.82, 2.24) is 25.9 Å². The van der Waals surface area contributed by atoms with Crippen molar-refractivity contribution in [1.29, 1.82) is 0 Å². The Morgan fingerprint density at radius 1 is 1.04 bits per heavy atom. The minimum Gasteiger partial charge on any atom is -0.352 e. The quantitative estimate of drug-likeness (QED) is 0.684. The zero-order valence-corrected chi connectivity index (χ0v) is 12.6. The average Bonchev–Trinajstić information content (AvgIpc) is 3.14. The first-order valence-electron chi connectivity index (χ1n) is 7.49. The van der Waals surface area contributed by atoms with E-state index >= 15 is 0 Å². The lowest BCUT2D eigenvalue weighted by Crippen LogP contribution is -2.24. The zero-order valence-electron chi connectivity index (χ0n) is 12.6. The van der Waals surface area contributed by atoms with Crippen LogP contribution in [-0.2, 0) is 6.42 Å². The molecule has 0 aliphatic carbocycles. The van der Waals surface area contributed by atoms with Gasteiger partial charge in [-0.1, -0.05) is 42.5 Å². The molecule has 23 heavy (non-hydrogen) atoms. The molecule has 0 bridgehead atoms. The van der Waals surface area contributed by atoms with Gasteiger partial charge in [0.25, 0.3) is 5.91 Å². The van der Waals surface area contributed by atoms with Crippen LogP contribution in [0.5, 0.6) is 0 Å². The number of nitrogens with zero attached hydrogens (tertiary/aromatic N) is 3. The Kier molecular flexibility index (Phi) is 4.73. The molecule has 0 saturated heterocycles. The highest BCUT2D eigenvalue weighted by molar-refractivity contribution is 5.94.